The highest BCUT2D eigenvalue weighted by atomic mass is 79.9. The minimum Gasteiger partial charge on any atom is -0.463 e. The summed E-state index contributed by atoms with van der Waals surface area (Å²) in [7, 11) is 1.23. The average Bonchev–Trinajstić information content (AvgIpc) is 2.86. The SMILES string of the molecule is COC(=O)c1nc(NC(=O)c2cccc(Br)c2)n[nH]1. The number of nitrogens with one attached hydrogen (secondary N) is 2. The van der Waals surface area contributed by atoms with Crippen molar-refractivity contribution in [2.45, 2.75) is 0 Å². The van der Waals surface area contributed by atoms with E-state index in [2.05, 4.69) is 41.2 Å². The fourth-order valence-corrected chi connectivity index (χ4v) is 1.71. The third-order valence-electron chi connectivity index (χ3n) is 2.18. The van der Waals surface area contributed by atoms with Crippen molar-refractivity contribution in [1.29, 1.82) is 0 Å². The molecule has 0 bridgehead atoms. The zero-order valence-corrected chi connectivity index (χ0v) is 11.4. The van der Waals surface area contributed by atoms with Crippen LogP contribution in [0.2, 0.25) is 0 Å². The quantitative estimate of drug-likeness (QED) is 0.836. The van der Waals surface area contributed by atoms with Gasteiger partial charge in [0.1, 0.15) is 0 Å². The maximum Gasteiger partial charge on any atom is 0.375 e. The average molecular weight is 325 g/mol. The Balaban J connectivity index is 2.11. The van der Waals surface area contributed by atoms with E-state index < -0.39 is 5.97 Å². The van der Waals surface area contributed by atoms with Gasteiger partial charge in [-0.3, -0.25) is 15.2 Å². The van der Waals surface area contributed by atoms with Crippen molar-refractivity contribution in [3.05, 3.63) is 40.1 Å². The number of ether oxygens (including phenoxy) is 1. The summed E-state index contributed by atoms with van der Waals surface area (Å²) in [6, 6.07) is 6.84. The lowest BCUT2D eigenvalue weighted by atomic mass is 10.2. The summed E-state index contributed by atoms with van der Waals surface area (Å²) in [5.41, 5.74) is 0.443. The molecule has 0 saturated carbocycles. The van der Waals surface area contributed by atoms with Gasteiger partial charge in [-0.1, -0.05) is 22.0 Å². The van der Waals surface area contributed by atoms with Crippen molar-refractivity contribution in [2.24, 2.45) is 0 Å². The van der Waals surface area contributed by atoms with Crippen LogP contribution in [0.4, 0.5) is 5.95 Å². The van der Waals surface area contributed by atoms with Crippen LogP contribution in [-0.4, -0.2) is 34.2 Å². The summed E-state index contributed by atoms with van der Waals surface area (Å²) < 4.78 is 5.25. The molecule has 1 aromatic carbocycles. The number of nitrogens with zero attached hydrogens (tertiary/aromatic N) is 2. The molecule has 0 unspecified atom stereocenters. The number of methoxy groups -OCH3 is 1. The molecule has 0 aliphatic rings. The number of carbonyl (C=O) groups excluding carboxylic acids is 2. The van der Waals surface area contributed by atoms with Crippen LogP contribution < -0.4 is 5.32 Å². The fraction of sp³-hybridized carbons (Fsp3) is 0.0909. The van der Waals surface area contributed by atoms with Gasteiger partial charge in [-0.2, -0.15) is 4.98 Å². The molecular formula is C11H9BrN4O3. The molecule has 1 amide bonds. The van der Waals surface area contributed by atoms with Crippen molar-refractivity contribution in [3.63, 3.8) is 0 Å². The van der Waals surface area contributed by atoms with E-state index in [-0.39, 0.29) is 17.7 Å². The molecular weight excluding hydrogens is 316 g/mol. The predicted octanol–water partition coefficient (Wildman–Crippen LogP) is 1.61. The van der Waals surface area contributed by atoms with Crippen LogP contribution in [0.3, 0.4) is 0 Å². The number of aromatic nitrogens is 3. The zero-order chi connectivity index (χ0) is 13.8. The molecule has 0 radical (unpaired) electrons. The second-order valence-corrected chi connectivity index (χ2v) is 4.38. The molecule has 7 nitrogen and oxygen atoms in total. The minimum atomic E-state index is -0.657. The number of esters is 1. The topological polar surface area (TPSA) is 97.0 Å². The van der Waals surface area contributed by atoms with Crippen LogP contribution in [0.15, 0.2) is 28.7 Å². The maximum atomic E-state index is 11.9. The third kappa shape index (κ3) is 3.16. The standard InChI is InChI=1S/C11H9BrN4O3/c1-19-10(18)8-13-11(16-15-8)14-9(17)6-3-2-4-7(12)5-6/h2-5H,1H3,(H2,13,14,15,16,17). The van der Waals surface area contributed by atoms with E-state index in [9.17, 15) is 9.59 Å². The van der Waals surface area contributed by atoms with Gasteiger partial charge in [0.05, 0.1) is 7.11 Å². The van der Waals surface area contributed by atoms with Gasteiger partial charge in [-0.15, -0.1) is 5.10 Å². The number of carbonyl (C=O) groups is 2. The first-order chi connectivity index (χ1) is 9.10. The van der Waals surface area contributed by atoms with Crippen molar-refractivity contribution in [2.75, 3.05) is 12.4 Å². The monoisotopic (exact) mass is 324 g/mol. The number of hydrogen-bond donors (Lipinski definition) is 2. The van der Waals surface area contributed by atoms with Crippen molar-refractivity contribution < 1.29 is 14.3 Å². The number of anilines is 1. The van der Waals surface area contributed by atoms with E-state index in [1.54, 1.807) is 24.3 Å². The van der Waals surface area contributed by atoms with E-state index in [1.807, 2.05) is 0 Å². The van der Waals surface area contributed by atoms with Gasteiger partial charge in [0.2, 0.25) is 11.8 Å². The molecule has 2 aromatic rings. The van der Waals surface area contributed by atoms with Gasteiger partial charge in [-0.25, -0.2) is 4.79 Å². The van der Waals surface area contributed by atoms with Crippen molar-refractivity contribution >= 4 is 33.8 Å². The smallest absolute Gasteiger partial charge is 0.375 e. The number of aromatic amines is 1. The molecule has 0 aliphatic heterocycles. The van der Waals surface area contributed by atoms with Crippen LogP contribution in [-0.2, 0) is 4.74 Å². The summed E-state index contributed by atoms with van der Waals surface area (Å²) in [5.74, 6) is -1.11. The van der Waals surface area contributed by atoms with Crippen molar-refractivity contribution in [1.82, 2.24) is 15.2 Å². The summed E-state index contributed by atoms with van der Waals surface area (Å²) in [6.07, 6.45) is 0. The molecule has 1 heterocycles. The van der Waals surface area contributed by atoms with Gasteiger partial charge in [0, 0.05) is 10.0 Å². The highest BCUT2D eigenvalue weighted by Gasteiger charge is 2.14. The molecule has 0 saturated heterocycles. The number of hydrogen-bond acceptors (Lipinski definition) is 5. The number of amides is 1. The molecule has 0 fully saturated rings. The lowest BCUT2D eigenvalue weighted by Crippen LogP contribution is -2.13. The van der Waals surface area contributed by atoms with Gasteiger partial charge in [0.15, 0.2) is 0 Å². The number of benzene rings is 1. The third-order valence-corrected chi connectivity index (χ3v) is 2.67. The second-order valence-electron chi connectivity index (χ2n) is 3.46. The Kier molecular flexibility index (Phi) is 3.91. The predicted molar refractivity (Wildman–Crippen MR) is 69.8 cm³/mol. The Labute approximate surface area is 116 Å². The minimum absolute atomic E-state index is 0.00498. The first-order valence-electron chi connectivity index (χ1n) is 5.18. The van der Waals surface area contributed by atoms with E-state index in [0.29, 0.717) is 5.56 Å². The molecule has 19 heavy (non-hydrogen) atoms. The first-order valence-corrected chi connectivity index (χ1v) is 5.97. The van der Waals surface area contributed by atoms with Crippen LogP contribution in [0.5, 0.6) is 0 Å². The number of rotatable bonds is 3. The number of halogens is 1. The maximum absolute atomic E-state index is 11.9. The highest BCUT2D eigenvalue weighted by Crippen LogP contribution is 2.12. The van der Waals surface area contributed by atoms with Crippen LogP contribution in [0, 0.1) is 0 Å². The Morgan fingerprint density at radius 1 is 1.42 bits per heavy atom. The molecule has 2 rings (SSSR count). The summed E-state index contributed by atoms with van der Waals surface area (Å²) >= 11 is 3.27. The van der Waals surface area contributed by atoms with Gasteiger partial charge in [0.25, 0.3) is 5.91 Å². The lowest BCUT2D eigenvalue weighted by molar-refractivity contribution is 0.0587. The molecule has 0 aliphatic carbocycles. The summed E-state index contributed by atoms with van der Waals surface area (Å²) in [5, 5.41) is 8.52. The lowest BCUT2D eigenvalue weighted by Gasteiger charge is -2.00. The Morgan fingerprint density at radius 3 is 2.89 bits per heavy atom. The largest absolute Gasteiger partial charge is 0.463 e. The molecule has 98 valence electrons. The zero-order valence-electron chi connectivity index (χ0n) is 9.81. The van der Waals surface area contributed by atoms with E-state index >= 15 is 0 Å². The molecule has 0 atom stereocenters. The number of H-pyrrole nitrogens is 1. The highest BCUT2D eigenvalue weighted by molar-refractivity contribution is 9.10. The molecule has 1 aromatic heterocycles. The van der Waals surface area contributed by atoms with Gasteiger partial charge >= 0.3 is 5.97 Å². The van der Waals surface area contributed by atoms with Gasteiger partial charge < -0.3 is 4.74 Å². The summed E-state index contributed by atoms with van der Waals surface area (Å²) in [6.45, 7) is 0. The Hall–Kier alpha value is -2.22. The molecule has 2 N–H and O–H groups in total. The Morgan fingerprint density at radius 2 is 2.21 bits per heavy atom. The van der Waals surface area contributed by atoms with Crippen LogP contribution in [0.25, 0.3) is 0 Å². The molecule has 8 heteroatoms. The summed E-state index contributed by atoms with van der Waals surface area (Å²) in [4.78, 5) is 26.8. The first kappa shape index (κ1) is 13.2. The van der Waals surface area contributed by atoms with Crippen molar-refractivity contribution in [3.8, 4) is 0 Å². The second kappa shape index (κ2) is 5.61. The van der Waals surface area contributed by atoms with Crippen LogP contribution >= 0.6 is 15.9 Å². The van der Waals surface area contributed by atoms with E-state index in [1.165, 1.54) is 7.11 Å². The molecule has 0 spiro atoms. The van der Waals surface area contributed by atoms with Crippen LogP contribution in [0.1, 0.15) is 21.0 Å². The van der Waals surface area contributed by atoms with E-state index in [0.717, 1.165) is 4.47 Å². The Bertz CT molecular complexity index is 626. The van der Waals surface area contributed by atoms with E-state index in [4.69, 9.17) is 0 Å². The normalized spacial score (nSPS) is 10.0. The van der Waals surface area contributed by atoms with Gasteiger partial charge in [-0.05, 0) is 18.2 Å². The fourth-order valence-electron chi connectivity index (χ4n) is 1.31.